The zero-order chi connectivity index (χ0) is 14.8. The van der Waals surface area contributed by atoms with E-state index in [4.69, 9.17) is 5.26 Å². The molecule has 4 nitrogen and oxygen atoms in total. The summed E-state index contributed by atoms with van der Waals surface area (Å²) in [6.07, 6.45) is 4.84. The topological polar surface area (TPSA) is 71.1 Å². The minimum Gasteiger partial charge on any atom is -0.375 e. The first-order chi connectivity index (χ1) is 9.46. The molecule has 2 rings (SSSR count). The van der Waals surface area contributed by atoms with E-state index in [2.05, 4.69) is 18.7 Å². The van der Waals surface area contributed by atoms with Gasteiger partial charge in [0, 0.05) is 18.8 Å². The molecule has 1 aliphatic carbocycles. The maximum Gasteiger partial charge on any atom is 0.176 e. The maximum atomic E-state index is 9.71. The first kappa shape index (κ1) is 14.6. The zero-order valence-electron chi connectivity index (χ0n) is 12.2. The molecule has 0 amide bonds. The lowest BCUT2D eigenvalue weighted by molar-refractivity contribution is 0.262. The van der Waals surface area contributed by atoms with Gasteiger partial charge in [-0.1, -0.05) is 13.8 Å². The smallest absolute Gasteiger partial charge is 0.176 e. The molecular weight excluding hydrogens is 250 g/mol. The van der Waals surface area contributed by atoms with Gasteiger partial charge in [0.25, 0.3) is 0 Å². The van der Waals surface area contributed by atoms with Gasteiger partial charge in [0.05, 0.1) is 17.7 Å². The number of hydrogen-bond acceptors (Lipinski definition) is 4. The Morgan fingerprint density at radius 1 is 1.30 bits per heavy atom. The quantitative estimate of drug-likeness (QED) is 0.618. The molecule has 1 unspecified atom stereocenters. The van der Waals surface area contributed by atoms with Crippen molar-refractivity contribution >= 4 is 0 Å². The lowest BCUT2D eigenvalue weighted by Gasteiger charge is -2.36. The molecule has 1 atom stereocenters. The van der Waals surface area contributed by atoms with Crippen LogP contribution in [0.4, 0.5) is 0 Å². The molecule has 0 aromatic rings. The minimum absolute atomic E-state index is 0.0548. The van der Waals surface area contributed by atoms with Crippen molar-refractivity contribution in [3.63, 3.8) is 0 Å². The van der Waals surface area contributed by atoms with Crippen molar-refractivity contribution in [3.8, 4) is 12.1 Å². The van der Waals surface area contributed by atoms with E-state index < -0.39 is 6.10 Å². The third-order valence-electron chi connectivity index (χ3n) is 4.04. The van der Waals surface area contributed by atoms with Crippen LogP contribution in [0.25, 0.3) is 0 Å². The molecule has 1 saturated heterocycles. The number of likely N-dealkylation sites (tertiary alicyclic amines) is 1. The normalized spacial score (nSPS) is 25.4. The maximum absolute atomic E-state index is 9.71. The van der Waals surface area contributed by atoms with E-state index in [1.54, 1.807) is 6.07 Å². The van der Waals surface area contributed by atoms with Crippen LogP contribution in [0, 0.1) is 28.1 Å². The van der Waals surface area contributed by atoms with Crippen LogP contribution >= 0.6 is 0 Å². The number of aliphatic hydroxyl groups is 1. The zero-order valence-corrected chi connectivity index (χ0v) is 12.2. The van der Waals surface area contributed by atoms with Crippen molar-refractivity contribution in [1.82, 2.24) is 4.90 Å². The summed E-state index contributed by atoms with van der Waals surface area (Å²) in [7, 11) is 0. The molecule has 4 heteroatoms. The Bertz CT molecular complexity index is 525. The number of hydrogen-bond donors (Lipinski definition) is 1. The van der Waals surface area contributed by atoms with E-state index in [1.807, 2.05) is 12.1 Å². The van der Waals surface area contributed by atoms with Crippen LogP contribution in [0.1, 0.15) is 39.5 Å². The van der Waals surface area contributed by atoms with E-state index in [-0.39, 0.29) is 11.0 Å². The Morgan fingerprint density at radius 3 is 2.50 bits per heavy atom. The molecule has 1 fully saturated rings. The van der Waals surface area contributed by atoms with E-state index in [9.17, 15) is 10.4 Å². The molecule has 0 spiro atoms. The van der Waals surface area contributed by atoms with Gasteiger partial charge in [-0.25, -0.2) is 0 Å². The highest BCUT2D eigenvalue weighted by atomic mass is 16.3. The number of nitriles is 2. The predicted molar refractivity (Wildman–Crippen MR) is 76.2 cm³/mol. The average molecular weight is 271 g/mol. The van der Waals surface area contributed by atoms with Crippen LogP contribution in [0.5, 0.6) is 0 Å². The number of allylic oxidation sites excluding steroid dienone is 3. The second-order valence-electron chi connectivity index (χ2n) is 6.43. The fourth-order valence-corrected chi connectivity index (χ4v) is 3.13. The fourth-order valence-electron chi connectivity index (χ4n) is 3.13. The largest absolute Gasteiger partial charge is 0.375 e. The highest BCUT2D eigenvalue weighted by Crippen LogP contribution is 2.41. The van der Waals surface area contributed by atoms with Gasteiger partial charge in [-0.3, -0.25) is 0 Å². The molecule has 1 aliphatic heterocycles. The van der Waals surface area contributed by atoms with Crippen LogP contribution in [0.2, 0.25) is 0 Å². The molecule has 1 heterocycles. The van der Waals surface area contributed by atoms with Gasteiger partial charge in [0.1, 0.15) is 0 Å². The molecule has 106 valence electrons. The van der Waals surface area contributed by atoms with Crippen LogP contribution in [-0.4, -0.2) is 29.2 Å². The minimum atomic E-state index is -1.32. The van der Waals surface area contributed by atoms with Gasteiger partial charge in [-0.2, -0.15) is 10.5 Å². The Labute approximate surface area is 120 Å². The summed E-state index contributed by atoms with van der Waals surface area (Å²) >= 11 is 0. The Kier molecular flexibility index (Phi) is 4.16. The third kappa shape index (κ3) is 3.03. The SMILES string of the molecule is CC1(C)CC(N2CCCC2)=CC(=C(C#N)C(O)C#N)C1. The van der Waals surface area contributed by atoms with Crippen LogP contribution in [0.3, 0.4) is 0 Å². The van der Waals surface area contributed by atoms with E-state index in [0.29, 0.717) is 0 Å². The van der Waals surface area contributed by atoms with E-state index in [0.717, 1.165) is 31.5 Å². The second kappa shape index (κ2) is 5.69. The fraction of sp³-hybridized carbons (Fsp3) is 0.625. The number of rotatable bonds is 2. The second-order valence-corrected chi connectivity index (χ2v) is 6.43. The molecule has 2 aliphatic rings. The third-order valence-corrected chi connectivity index (χ3v) is 4.04. The summed E-state index contributed by atoms with van der Waals surface area (Å²) in [4.78, 5) is 2.37. The average Bonchev–Trinajstić information content (AvgIpc) is 2.91. The van der Waals surface area contributed by atoms with Crippen molar-refractivity contribution in [2.24, 2.45) is 5.41 Å². The van der Waals surface area contributed by atoms with Crippen LogP contribution in [-0.2, 0) is 0 Å². The van der Waals surface area contributed by atoms with Crippen molar-refractivity contribution in [3.05, 3.63) is 22.9 Å². The lowest BCUT2D eigenvalue weighted by atomic mass is 9.75. The van der Waals surface area contributed by atoms with Gasteiger partial charge in [-0.15, -0.1) is 0 Å². The lowest BCUT2D eigenvalue weighted by Crippen LogP contribution is -2.28. The summed E-state index contributed by atoms with van der Waals surface area (Å²) in [5.74, 6) is 0. The Morgan fingerprint density at radius 2 is 1.95 bits per heavy atom. The molecule has 1 N–H and O–H groups in total. The van der Waals surface area contributed by atoms with Crippen molar-refractivity contribution in [2.75, 3.05) is 13.1 Å². The summed E-state index contributed by atoms with van der Waals surface area (Å²) in [5.41, 5.74) is 2.32. The van der Waals surface area contributed by atoms with Gasteiger partial charge >= 0.3 is 0 Å². The predicted octanol–water partition coefficient (Wildman–Crippen LogP) is 2.49. The van der Waals surface area contributed by atoms with Gasteiger partial charge in [0.2, 0.25) is 0 Å². The first-order valence-corrected chi connectivity index (χ1v) is 7.13. The Hall–Kier alpha value is -1.78. The summed E-state index contributed by atoms with van der Waals surface area (Å²) in [5, 5.41) is 27.8. The van der Waals surface area contributed by atoms with E-state index >= 15 is 0 Å². The van der Waals surface area contributed by atoms with Gasteiger partial charge in [0.15, 0.2) is 6.10 Å². The summed E-state index contributed by atoms with van der Waals surface area (Å²) < 4.78 is 0. The monoisotopic (exact) mass is 271 g/mol. The first-order valence-electron chi connectivity index (χ1n) is 7.13. The highest BCUT2D eigenvalue weighted by molar-refractivity contribution is 5.44. The molecule has 20 heavy (non-hydrogen) atoms. The van der Waals surface area contributed by atoms with Gasteiger partial charge in [-0.05, 0) is 42.7 Å². The van der Waals surface area contributed by atoms with Crippen molar-refractivity contribution in [1.29, 1.82) is 10.5 Å². The van der Waals surface area contributed by atoms with Gasteiger partial charge < -0.3 is 10.0 Å². The molecule has 0 aromatic carbocycles. The summed E-state index contributed by atoms with van der Waals surface area (Å²) in [6.45, 7) is 6.48. The van der Waals surface area contributed by atoms with Crippen molar-refractivity contribution in [2.45, 2.75) is 45.6 Å². The summed E-state index contributed by atoms with van der Waals surface area (Å²) in [6, 6.07) is 3.77. The van der Waals surface area contributed by atoms with Crippen LogP contribution in [0.15, 0.2) is 22.9 Å². The van der Waals surface area contributed by atoms with Crippen molar-refractivity contribution < 1.29 is 5.11 Å². The molecule has 0 aromatic heterocycles. The van der Waals surface area contributed by atoms with Crippen LogP contribution < -0.4 is 0 Å². The standard InChI is InChI=1S/C16H21N3O/c1-16(2)8-12(14(10-17)15(20)11-18)7-13(9-16)19-5-3-4-6-19/h7,15,20H,3-6,8-9H2,1-2H3. The molecular formula is C16H21N3O. The molecule has 0 radical (unpaired) electrons. The number of aliphatic hydroxyl groups excluding tert-OH is 1. The Balaban J connectivity index is 2.41. The van der Waals surface area contributed by atoms with E-state index in [1.165, 1.54) is 18.5 Å². The number of nitrogens with zero attached hydrogens (tertiary/aromatic N) is 3. The molecule has 0 saturated carbocycles. The molecule has 0 bridgehead atoms. The highest BCUT2D eigenvalue weighted by Gasteiger charge is 2.31.